The number of thioether (sulfide) groups is 1. The summed E-state index contributed by atoms with van der Waals surface area (Å²) in [5.74, 6) is -0.112. The minimum Gasteiger partial charge on any atom is -0.462 e. The number of benzene rings is 1. The van der Waals surface area contributed by atoms with E-state index in [1.807, 2.05) is 18.2 Å². The van der Waals surface area contributed by atoms with E-state index in [1.54, 1.807) is 11.8 Å². The van der Waals surface area contributed by atoms with Crippen LogP contribution in [0.25, 0.3) is 0 Å². The number of carbonyl (C=O) groups excluding carboxylic acids is 1. The molecule has 3 heteroatoms. The summed E-state index contributed by atoms with van der Waals surface area (Å²) in [4.78, 5) is 14.2. The van der Waals surface area contributed by atoms with Crippen LogP contribution in [0, 0.1) is 0 Å². The fraction of sp³-hybridized carbons (Fsp3) is 0.471. The van der Waals surface area contributed by atoms with Crippen molar-refractivity contribution in [2.45, 2.75) is 50.3 Å². The Kier molecular flexibility index (Phi) is 6.19. The highest BCUT2D eigenvalue weighted by molar-refractivity contribution is 8.03. The van der Waals surface area contributed by atoms with E-state index in [0.717, 1.165) is 24.8 Å². The van der Waals surface area contributed by atoms with Gasteiger partial charge < -0.3 is 4.74 Å². The zero-order valence-corrected chi connectivity index (χ0v) is 12.9. The van der Waals surface area contributed by atoms with Gasteiger partial charge in [-0.2, -0.15) is 0 Å². The number of hydrogen-bond donors (Lipinski definition) is 0. The molecule has 2 rings (SSSR count). The summed E-state index contributed by atoms with van der Waals surface area (Å²) < 4.78 is 5.10. The Morgan fingerprint density at radius 1 is 1.20 bits per heavy atom. The van der Waals surface area contributed by atoms with Gasteiger partial charge in [-0.25, -0.2) is 4.79 Å². The molecule has 20 heavy (non-hydrogen) atoms. The number of cyclic esters (lactones) is 1. The van der Waals surface area contributed by atoms with Crippen LogP contribution in [0.15, 0.2) is 45.7 Å². The quantitative estimate of drug-likeness (QED) is 0.307. The lowest BCUT2D eigenvalue weighted by Crippen LogP contribution is -1.98. The third kappa shape index (κ3) is 4.41. The normalized spacial score (nSPS) is 17.1. The smallest absolute Gasteiger partial charge is 0.334 e. The SMILES string of the molecule is CCCCCC/C(Sc1ccccc1)=C1\CCOC1=O. The van der Waals surface area contributed by atoms with Crippen LogP contribution >= 0.6 is 11.8 Å². The van der Waals surface area contributed by atoms with Crippen molar-refractivity contribution < 1.29 is 9.53 Å². The third-order valence-corrected chi connectivity index (χ3v) is 4.61. The van der Waals surface area contributed by atoms with Crippen molar-refractivity contribution in [1.29, 1.82) is 0 Å². The highest BCUT2D eigenvalue weighted by Crippen LogP contribution is 2.35. The second-order valence-electron chi connectivity index (χ2n) is 5.01. The molecule has 0 N–H and O–H groups in total. The fourth-order valence-electron chi connectivity index (χ4n) is 2.29. The number of hydrogen-bond acceptors (Lipinski definition) is 3. The summed E-state index contributed by atoms with van der Waals surface area (Å²) in [6.07, 6.45) is 6.64. The molecule has 0 aliphatic carbocycles. The molecule has 0 unspecified atom stereocenters. The molecule has 1 heterocycles. The summed E-state index contributed by atoms with van der Waals surface area (Å²) in [6.45, 7) is 2.76. The lowest BCUT2D eigenvalue weighted by molar-refractivity contribution is -0.135. The predicted molar refractivity (Wildman–Crippen MR) is 83.7 cm³/mol. The van der Waals surface area contributed by atoms with Crippen molar-refractivity contribution in [2.75, 3.05) is 6.61 Å². The lowest BCUT2D eigenvalue weighted by Gasteiger charge is -2.09. The fourth-order valence-corrected chi connectivity index (χ4v) is 3.43. The molecule has 0 atom stereocenters. The second kappa shape index (κ2) is 8.15. The number of esters is 1. The second-order valence-corrected chi connectivity index (χ2v) is 6.18. The first-order valence-electron chi connectivity index (χ1n) is 7.43. The van der Waals surface area contributed by atoms with Gasteiger partial charge in [-0.05, 0) is 25.0 Å². The van der Waals surface area contributed by atoms with E-state index in [9.17, 15) is 4.79 Å². The Morgan fingerprint density at radius 3 is 2.65 bits per heavy atom. The minimum absolute atomic E-state index is 0.112. The number of allylic oxidation sites excluding steroid dienone is 1. The molecule has 1 aromatic carbocycles. The molecule has 0 bridgehead atoms. The maximum Gasteiger partial charge on any atom is 0.334 e. The maximum absolute atomic E-state index is 11.8. The van der Waals surface area contributed by atoms with Crippen LogP contribution in [0.4, 0.5) is 0 Å². The van der Waals surface area contributed by atoms with Crippen LogP contribution in [-0.2, 0) is 9.53 Å². The van der Waals surface area contributed by atoms with Crippen LogP contribution in [-0.4, -0.2) is 12.6 Å². The van der Waals surface area contributed by atoms with Crippen molar-refractivity contribution in [1.82, 2.24) is 0 Å². The molecule has 1 aliphatic rings. The summed E-state index contributed by atoms with van der Waals surface area (Å²) in [6, 6.07) is 10.3. The van der Waals surface area contributed by atoms with Gasteiger partial charge >= 0.3 is 5.97 Å². The van der Waals surface area contributed by atoms with Crippen LogP contribution in [0.5, 0.6) is 0 Å². The molecule has 1 aliphatic heterocycles. The molecule has 1 saturated heterocycles. The monoisotopic (exact) mass is 290 g/mol. The van der Waals surface area contributed by atoms with Crippen molar-refractivity contribution in [3.8, 4) is 0 Å². The summed E-state index contributed by atoms with van der Waals surface area (Å²) in [5, 5.41) is 0. The van der Waals surface area contributed by atoms with Crippen LogP contribution in [0.2, 0.25) is 0 Å². The highest BCUT2D eigenvalue weighted by atomic mass is 32.2. The van der Waals surface area contributed by atoms with Gasteiger partial charge in [-0.3, -0.25) is 0 Å². The van der Waals surface area contributed by atoms with Crippen LogP contribution < -0.4 is 0 Å². The number of rotatable bonds is 7. The molecular weight excluding hydrogens is 268 g/mol. The molecule has 1 aromatic rings. The summed E-state index contributed by atoms with van der Waals surface area (Å²) in [5.41, 5.74) is 0.898. The van der Waals surface area contributed by atoms with Gasteiger partial charge in [0.1, 0.15) is 0 Å². The third-order valence-electron chi connectivity index (χ3n) is 3.41. The van der Waals surface area contributed by atoms with Gasteiger partial charge in [0.05, 0.1) is 12.2 Å². The number of unbranched alkanes of at least 4 members (excludes halogenated alkanes) is 3. The van der Waals surface area contributed by atoms with Gasteiger partial charge in [0.15, 0.2) is 0 Å². The van der Waals surface area contributed by atoms with Gasteiger partial charge in [-0.1, -0.05) is 56.1 Å². The van der Waals surface area contributed by atoms with E-state index in [2.05, 4.69) is 19.1 Å². The molecule has 0 radical (unpaired) electrons. The Labute approximate surface area is 125 Å². The van der Waals surface area contributed by atoms with Crippen molar-refractivity contribution in [2.24, 2.45) is 0 Å². The molecule has 0 saturated carbocycles. The highest BCUT2D eigenvalue weighted by Gasteiger charge is 2.23. The van der Waals surface area contributed by atoms with Crippen LogP contribution in [0.3, 0.4) is 0 Å². The molecule has 1 fully saturated rings. The molecule has 0 spiro atoms. The van der Waals surface area contributed by atoms with Crippen LogP contribution in [0.1, 0.15) is 45.4 Å². The molecular formula is C17H22O2S. The van der Waals surface area contributed by atoms with E-state index in [1.165, 1.54) is 29.1 Å². The first-order valence-corrected chi connectivity index (χ1v) is 8.25. The Morgan fingerprint density at radius 2 is 2.00 bits per heavy atom. The van der Waals surface area contributed by atoms with E-state index >= 15 is 0 Å². The van der Waals surface area contributed by atoms with Gasteiger partial charge in [-0.15, -0.1) is 0 Å². The summed E-state index contributed by atoms with van der Waals surface area (Å²) >= 11 is 1.73. The predicted octanol–water partition coefficient (Wildman–Crippen LogP) is 4.95. The summed E-state index contributed by atoms with van der Waals surface area (Å²) in [7, 11) is 0. The molecule has 108 valence electrons. The lowest BCUT2D eigenvalue weighted by atomic mass is 10.1. The average molecular weight is 290 g/mol. The van der Waals surface area contributed by atoms with Crippen molar-refractivity contribution in [3.63, 3.8) is 0 Å². The molecule has 0 aromatic heterocycles. The van der Waals surface area contributed by atoms with E-state index in [0.29, 0.717) is 6.61 Å². The minimum atomic E-state index is -0.112. The van der Waals surface area contributed by atoms with E-state index < -0.39 is 0 Å². The molecule has 0 amide bonds. The largest absolute Gasteiger partial charge is 0.462 e. The van der Waals surface area contributed by atoms with E-state index in [-0.39, 0.29) is 5.97 Å². The van der Waals surface area contributed by atoms with Crippen molar-refractivity contribution in [3.05, 3.63) is 40.8 Å². The first-order chi connectivity index (χ1) is 9.81. The van der Waals surface area contributed by atoms with Crippen molar-refractivity contribution >= 4 is 17.7 Å². The Bertz CT molecular complexity index is 465. The van der Waals surface area contributed by atoms with Gasteiger partial charge in [0, 0.05) is 16.2 Å². The Balaban J connectivity index is 2.06. The van der Waals surface area contributed by atoms with E-state index in [4.69, 9.17) is 4.74 Å². The Hall–Kier alpha value is -1.22. The maximum atomic E-state index is 11.8. The number of carbonyl (C=O) groups is 1. The molecule has 2 nitrogen and oxygen atoms in total. The number of ether oxygens (including phenoxy) is 1. The van der Waals surface area contributed by atoms with Gasteiger partial charge in [0.2, 0.25) is 0 Å². The first kappa shape index (κ1) is 15.2. The standard InChI is InChI=1S/C17H22O2S/c1-2-3-4-8-11-16(15-12-13-19-17(15)18)20-14-9-6-5-7-10-14/h5-7,9-10H,2-4,8,11-13H2,1H3/b16-15-. The zero-order valence-electron chi connectivity index (χ0n) is 12.1. The zero-order chi connectivity index (χ0) is 14.2. The van der Waals surface area contributed by atoms with Gasteiger partial charge in [0.25, 0.3) is 0 Å². The topological polar surface area (TPSA) is 26.3 Å². The average Bonchev–Trinajstić information content (AvgIpc) is 2.89.